The van der Waals surface area contributed by atoms with Crippen molar-refractivity contribution in [3.8, 4) is 5.75 Å². The number of carbonyl (C=O) groups is 1. The molecule has 0 unspecified atom stereocenters. The lowest BCUT2D eigenvalue weighted by Crippen LogP contribution is -2.51. The van der Waals surface area contributed by atoms with Crippen LogP contribution in [-0.4, -0.2) is 39.3 Å². The monoisotopic (exact) mass is 312 g/mol. The van der Waals surface area contributed by atoms with E-state index in [9.17, 15) is 13.2 Å². The van der Waals surface area contributed by atoms with Crippen LogP contribution >= 0.6 is 0 Å². The molecule has 1 aromatic carbocycles. The third-order valence-corrected chi connectivity index (χ3v) is 4.58. The van der Waals surface area contributed by atoms with Gasteiger partial charge in [-0.15, -0.1) is 0 Å². The second kappa shape index (κ2) is 5.93. The number of nitrogens with one attached hydrogen (secondary N) is 1. The number of carbonyl (C=O) groups excluding carboxylic acids is 1. The molecular formula is C14H20N2O4S. The summed E-state index contributed by atoms with van der Waals surface area (Å²) in [6, 6.07) is 6.83. The van der Waals surface area contributed by atoms with Crippen LogP contribution < -0.4 is 14.4 Å². The number of hydrogen-bond donors (Lipinski definition) is 1. The molecule has 1 amide bonds. The van der Waals surface area contributed by atoms with Gasteiger partial charge in [-0.3, -0.25) is 9.10 Å². The number of rotatable bonds is 4. The largest absolute Gasteiger partial charge is 0.476 e. The molecule has 0 saturated carbocycles. The number of hydrogen-bond acceptors (Lipinski definition) is 4. The Hall–Kier alpha value is -1.76. The van der Waals surface area contributed by atoms with Gasteiger partial charge < -0.3 is 10.1 Å². The maximum Gasteiger partial charge on any atom is 0.263 e. The predicted molar refractivity (Wildman–Crippen MR) is 80.9 cm³/mol. The Bertz CT molecular complexity index is 630. The van der Waals surface area contributed by atoms with E-state index in [1.165, 1.54) is 4.31 Å². The van der Waals surface area contributed by atoms with Gasteiger partial charge in [0, 0.05) is 6.04 Å². The summed E-state index contributed by atoms with van der Waals surface area (Å²) in [4.78, 5) is 12.2. The standard InChI is InChI=1S/C14H20N2O4S/c1-4-10(2)15-14(17)13-9-16(21(3,18)19)11-7-5-6-8-12(11)20-13/h5-8,10,13H,4,9H2,1-3H3,(H,15,17)/t10-,13-/m0/s1. The number of para-hydroxylation sites is 2. The Balaban J connectivity index is 2.28. The van der Waals surface area contributed by atoms with Gasteiger partial charge in [0.15, 0.2) is 6.10 Å². The van der Waals surface area contributed by atoms with Crippen molar-refractivity contribution in [3.05, 3.63) is 24.3 Å². The molecule has 21 heavy (non-hydrogen) atoms. The fraction of sp³-hybridized carbons (Fsp3) is 0.500. The Morgan fingerprint density at radius 1 is 1.48 bits per heavy atom. The molecule has 1 N–H and O–H groups in total. The van der Waals surface area contributed by atoms with Crippen molar-refractivity contribution in [2.75, 3.05) is 17.1 Å². The average Bonchev–Trinajstić information content (AvgIpc) is 2.44. The first-order valence-corrected chi connectivity index (χ1v) is 8.71. The molecular weight excluding hydrogens is 292 g/mol. The van der Waals surface area contributed by atoms with Crippen molar-refractivity contribution < 1.29 is 17.9 Å². The van der Waals surface area contributed by atoms with Gasteiger partial charge in [0.05, 0.1) is 18.5 Å². The van der Waals surface area contributed by atoms with Gasteiger partial charge in [-0.25, -0.2) is 8.42 Å². The first-order valence-electron chi connectivity index (χ1n) is 6.86. The Morgan fingerprint density at radius 2 is 2.14 bits per heavy atom. The first-order chi connectivity index (χ1) is 9.82. The van der Waals surface area contributed by atoms with Gasteiger partial charge in [0.2, 0.25) is 10.0 Å². The van der Waals surface area contributed by atoms with Crippen LogP contribution in [0.15, 0.2) is 24.3 Å². The van der Waals surface area contributed by atoms with E-state index in [4.69, 9.17) is 4.74 Å². The lowest BCUT2D eigenvalue weighted by molar-refractivity contribution is -0.128. The zero-order valence-corrected chi connectivity index (χ0v) is 13.2. The van der Waals surface area contributed by atoms with Crippen molar-refractivity contribution in [3.63, 3.8) is 0 Å². The maximum absolute atomic E-state index is 12.2. The highest BCUT2D eigenvalue weighted by Gasteiger charge is 2.34. The molecule has 116 valence electrons. The minimum absolute atomic E-state index is 0.0158. The number of amides is 1. The van der Waals surface area contributed by atoms with Crippen LogP contribution in [0.1, 0.15) is 20.3 Å². The highest BCUT2D eigenvalue weighted by molar-refractivity contribution is 7.92. The number of fused-ring (bicyclic) bond motifs is 1. The summed E-state index contributed by atoms with van der Waals surface area (Å²) in [6.45, 7) is 3.84. The molecule has 0 fully saturated rings. The predicted octanol–water partition coefficient (Wildman–Crippen LogP) is 1.13. The summed E-state index contributed by atoms with van der Waals surface area (Å²) >= 11 is 0. The van der Waals surface area contributed by atoms with E-state index in [-0.39, 0.29) is 18.5 Å². The van der Waals surface area contributed by atoms with E-state index in [0.717, 1.165) is 12.7 Å². The van der Waals surface area contributed by atoms with Crippen molar-refractivity contribution in [1.29, 1.82) is 0 Å². The number of sulfonamides is 1. The minimum atomic E-state index is -3.47. The number of benzene rings is 1. The fourth-order valence-electron chi connectivity index (χ4n) is 2.09. The normalized spacial score (nSPS) is 19.4. The maximum atomic E-state index is 12.2. The second-order valence-corrected chi connectivity index (χ2v) is 7.09. The molecule has 2 atom stereocenters. The summed E-state index contributed by atoms with van der Waals surface area (Å²) in [6.07, 6.45) is 1.08. The molecule has 0 saturated heterocycles. The Kier molecular flexibility index (Phi) is 4.41. The van der Waals surface area contributed by atoms with E-state index in [2.05, 4.69) is 5.32 Å². The van der Waals surface area contributed by atoms with E-state index in [1.54, 1.807) is 24.3 Å². The van der Waals surface area contributed by atoms with E-state index >= 15 is 0 Å². The van der Waals surface area contributed by atoms with Crippen LogP contribution in [0.2, 0.25) is 0 Å². The molecule has 0 radical (unpaired) electrons. The van der Waals surface area contributed by atoms with Gasteiger partial charge in [0.1, 0.15) is 5.75 Å². The molecule has 1 aliphatic heterocycles. The number of nitrogens with zero attached hydrogens (tertiary/aromatic N) is 1. The van der Waals surface area contributed by atoms with Gasteiger partial charge >= 0.3 is 0 Å². The van der Waals surface area contributed by atoms with E-state index in [1.807, 2.05) is 13.8 Å². The summed E-state index contributed by atoms with van der Waals surface area (Å²) in [5, 5.41) is 2.82. The van der Waals surface area contributed by atoms with Crippen LogP contribution in [0.5, 0.6) is 5.75 Å². The Morgan fingerprint density at radius 3 is 2.76 bits per heavy atom. The van der Waals surface area contributed by atoms with Gasteiger partial charge in [-0.1, -0.05) is 19.1 Å². The van der Waals surface area contributed by atoms with Crippen LogP contribution in [0.3, 0.4) is 0 Å². The first kappa shape index (κ1) is 15.6. The van der Waals surface area contributed by atoms with Gasteiger partial charge in [0.25, 0.3) is 5.91 Å². The molecule has 1 heterocycles. The minimum Gasteiger partial charge on any atom is -0.476 e. The van der Waals surface area contributed by atoms with Crippen molar-refractivity contribution in [1.82, 2.24) is 5.32 Å². The topological polar surface area (TPSA) is 75.7 Å². The molecule has 0 bridgehead atoms. The number of anilines is 1. The molecule has 0 aliphatic carbocycles. The van der Waals surface area contributed by atoms with E-state index < -0.39 is 16.1 Å². The fourth-order valence-corrected chi connectivity index (χ4v) is 3.00. The van der Waals surface area contributed by atoms with Crippen LogP contribution in [-0.2, 0) is 14.8 Å². The zero-order chi connectivity index (χ0) is 15.6. The Labute approximate surface area is 125 Å². The van der Waals surface area contributed by atoms with Crippen LogP contribution in [0.25, 0.3) is 0 Å². The lowest BCUT2D eigenvalue weighted by atomic mass is 10.2. The van der Waals surface area contributed by atoms with Crippen molar-refractivity contribution in [2.45, 2.75) is 32.4 Å². The molecule has 0 aromatic heterocycles. The molecule has 1 aliphatic rings. The summed E-state index contributed by atoms with van der Waals surface area (Å²) < 4.78 is 30.7. The zero-order valence-electron chi connectivity index (χ0n) is 12.4. The quantitative estimate of drug-likeness (QED) is 0.904. The van der Waals surface area contributed by atoms with Gasteiger partial charge in [-0.05, 0) is 25.5 Å². The smallest absolute Gasteiger partial charge is 0.263 e. The second-order valence-electron chi connectivity index (χ2n) is 5.19. The average molecular weight is 312 g/mol. The van der Waals surface area contributed by atoms with Crippen molar-refractivity contribution >= 4 is 21.6 Å². The molecule has 1 aromatic rings. The van der Waals surface area contributed by atoms with E-state index in [0.29, 0.717) is 11.4 Å². The SMILES string of the molecule is CC[C@H](C)NC(=O)[C@@H]1CN(S(C)(=O)=O)c2ccccc2O1. The van der Waals surface area contributed by atoms with Crippen LogP contribution in [0, 0.1) is 0 Å². The van der Waals surface area contributed by atoms with Crippen LogP contribution in [0.4, 0.5) is 5.69 Å². The molecule has 2 rings (SSSR count). The molecule has 7 heteroatoms. The highest BCUT2D eigenvalue weighted by atomic mass is 32.2. The summed E-state index contributed by atoms with van der Waals surface area (Å²) in [5.74, 6) is 0.103. The molecule has 6 nitrogen and oxygen atoms in total. The van der Waals surface area contributed by atoms with Gasteiger partial charge in [-0.2, -0.15) is 0 Å². The van der Waals surface area contributed by atoms with Crippen molar-refractivity contribution in [2.24, 2.45) is 0 Å². The highest BCUT2D eigenvalue weighted by Crippen LogP contribution is 2.34. The third-order valence-electron chi connectivity index (χ3n) is 3.43. The summed E-state index contributed by atoms with van der Waals surface area (Å²) in [5.41, 5.74) is 0.465. The third kappa shape index (κ3) is 3.47. The lowest BCUT2D eigenvalue weighted by Gasteiger charge is -2.34. The molecule has 0 spiro atoms. The number of ether oxygens (including phenoxy) is 1. The summed E-state index contributed by atoms with van der Waals surface area (Å²) in [7, 11) is -3.47.